The number of aryl methyl sites for hydroxylation is 1. The maximum Gasteiger partial charge on any atom is 0.282 e. The molecule has 8 heteroatoms. The van der Waals surface area contributed by atoms with Gasteiger partial charge in [-0.3, -0.25) is 4.79 Å². The zero-order valence-corrected chi connectivity index (χ0v) is 20.4. The molecule has 158 valence electrons. The molecule has 0 fully saturated rings. The third-order valence-electron chi connectivity index (χ3n) is 4.55. The molecule has 3 aromatic rings. The van der Waals surface area contributed by atoms with Crippen molar-refractivity contribution in [2.45, 2.75) is 40.2 Å². The minimum atomic E-state index is -0.229. The van der Waals surface area contributed by atoms with Crippen LogP contribution in [0.3, 0.4) is 0 Å². The number of ether oxygens (including phenoxy) is 2. The number of halogens is 2. The van der Waals surface area contributed by atoms with E-state index in [9.17, 15) is 4.79 Å². The van der Waals surface area contributed by atoms with Crippen LogP contribution in [-0.4, -0.2) is 28.6 Å². The van der Waals surface area contributed by atoms with Crippen LogP contribution in [-0.2, 0) is 0 Å². The fourth-order valence-electron chi connectivity index (χ4n) is 2.83. The van der Waals surface area contributed by atoms with E-state index in [2.05, 4.69) is 48.9 Å². The Morgan fingerprint density at radius 1 is 1.20 bits per heavy atom. The first-order valence-corrected chi connectivity index (χ1v) is 11.3. The van der Waals surface area contributed by atoms with E-state index in [1.54, 1.807) is 19.2 Å². The number of hydrogen-bond acceptors (Lipinski definition) is 5. The summed E-state index contributed by atoms with van der Waals surface area (Å²) in [5, 5.41) is 4.90. The van der Waals surface area contributed by atoms with Crippen molar-refractivity contribution in [1.82, 2.24) is 9.66 Å². The number of fused-ring (bicyclic) bond motifs is 1. The van der Waals surface area contributed by atoms with Crippen molar-refractivity contribution in [3.05, 3.63) is 61.0 Å². The van der Waals surface area contributed by atoms with Crippen LogP contribution in [0.15, 0.2) is 49.2 Å². The average Bonchev–Trinajstić information content (AvgIpc) is 2.71. The second-order valence-electron chi connectivity index (χ2n) is 6.77. The molecule has 2 aromatic carbocycles. The van der Waals surface area contributed by atoms with Crippen LogP contribution in [0.1, 0.15) is 38.6 Å². The quantitative estimate of drug-likeness (QED) is 0.364. The zero-order chi connectivity index (χ0) is 21.8. The number of hydrogen-bond donors (Lipinski definition) is 0. The van der Waals surface area contributed by atoms with Gasteiger partial charge in [0.2, 0.25) is 0 Å². The first kappa shape index (κ1) is 22.5. The predicted molar refractivity (Wildman–Crippen MR) is 127 cm³/mol. The summed E-state index contributed by atoms with van der Waals surface area (Å²) in [6, 6.07) is 9.13. The summed E-state index contributed by atoms with van der Waals surface area (Å²) in [7, 11) is 0. The number of benzene rings is 2. The fraction of sp³-hybridized carbons (Fsp3) is 0.318. The van der Waals surface area contributed by atoms with Gasteiger partial charge in [0.15, 0.2) is 11.5 Å². The molecule has 0 unspecified atom stereocenters. The van der Waals surface area contributed by atoms with Crippen LogP contribution >= 0.6 is 31.9 Å². The Labute approximate surface area is 192 Å². The Morgan fingerprint density at radius 3 is 2.67 bits per heavy atom. The van der Waals surface area contributed by atoms with Crippen molar-refractivity contribution in [1.29, 1.82) is 0 Å². The first-order valence-electron chi connectivity index (χ1n) is 9.70. The topological polar surface area (TPSA) is 65.7 Å². The van der Waals surface area contributed by atoms with Gasteiger partial charge in [0.25, 0.3) is 5.56 Å². The fourth-order valence-corrected chi connectivity index (χ4v) is 3.61. The summed E-state index contributed by atoms with van der Waals surface area (Å²) in [6.45, 7) is 8.27. The van der Waals surface area contributed by atoms with E-state index >= 15 is 0 Å². The van der Waals surface area contributed by atoms with Gasteiger partial charge in [0.1, 0.15) is 5.82 Å². The second kappa shape index (κ2) is 9.75. The summed E-state index contributed by atoms with van der Waals surface area (Å²) in [5.74, 6) is 1.80. The standard InChI is InChI=1S/C22H23Br2N3O3/c1-5-13(3)30-21-11-18(24)15(9-20(21)29-6-2)12-25-27-14(4)26-19-8-7-16(23)10-17(19)22(27)28/h7-13H,5-6H2,1-4H3/t13-/m1/s1. The third-order valence-corrected chi connectivity index (χ3v) is 5.73. The summed E-state index contributed by atoms with van der Waals surface area (Å²) < 4.78 is 14.6. The van der Waals surface area contributed by atoms with Crippen LogP contribution in [0.25, 0.3) is 10.9 Å². The lowest BCUT2D eigenvalue weighted by Crippen LogP contribution is -2.20. The molecule has 0 aliphatic rings. The van der Waals surface area contributed by atoms with Crippen molar-refractivity contribution >= 4 is 49.0 Å². The average molecular weight is 537 g/mol. The number of rotatable bonds is 7. The first-order chi connectivity index (χ1) is 14.3. The largest absolute Gasteiger partial charge is 0.490 e. The lowest BCUT2D eigenvalue weighted by molar-refractivity contribution is 0.203. The van der Waals surface area contributed by atoms with Crippen molar-refractivity contribution < 1.29 is 9.47 Å². The molecular weight excluding hydrogens is 514 g/mol. The van der Waals surface area contributed by atoms with Gasteiger partial charge in [-0.15, -0.1) is 0 Å². The highest BCUT2D eigenvalue weighted by atomic mass is 79.9. The van der Waals surface area contributed by atoms with E-state index in [1.165, 1.54) is 4.68 Å². The van der Waals surface area contributed by atoms with E-state index in [-0.39, 0.29) is 11.7 Å². The molecule has 0 spiro atoms. The third kappa shape index (κ3) is 4.92. The van der Waals surface area contributed by atoms with Crippen molar-refractivity contribution in [3.8, 4) is 11.5 Å². The molecule has 0 N–H and O–H groups in total. The molecule has 0 radical (unpaired) electrons. The molecule has 0 saturated carbocycles. The lowest BCUT2D eigenvalue weighted by atomic mass is 10.2. The highest BCUT2D eigenvalue weighted by Gasteiger charge is 2.13. The zero-order valence-electron chi connectivity index (χ0n) is 17.3. The molecule has 0 amide bonds. The Morgan fingerprint density at radius 2 is 1.97 bits per heavy atom. The minimum absolute atomic E-state index is 0.0693. The van der Waals surface area contributed by atoms with Crippen molar-refractivity contribution in [2.24, 2.45) is 5.10 Å². The van der Waals surface area contributed by atoms with Crippen molar-refractivity contribution in [2.75, 3.05) is 6.61 Å². The van der Waals surface area contributed by atoms with E-state index in [4.69, 9.17) is 9.47 Å². The second-order valence-corrected chi connectivity index (χ2v) is 8.54. The Kier molecular flexibility index (Phi) is 7.31. The molecular formula is C22H23Br2N3O3. The monoisotopic (exact) mass is 535 g/mol. The van der Waals surface area contributed by atoms with Gasteiger partial charge in [-0.25, -0.2) is 4.98 Å². The van der Waals surface area contributed by atoms with E-state index < -0.39 is 0 Å². The SMILES string of the molecule is CCOc1cc(C=Nn2c(C)nc3ccc(Br)cc3c2=O)c(Br)cc1O[C@H](C)CC. The number of aromatic nitrogens is 2. The molecule has 0 aliphatic heterocycles. The molecule has 1 atom stereocenters. The maximum absolute atomic E-state index is 12.9. The summed E-state index contributed by atoms with van der Waals surface area (Å²) >= 11 is 6.97. The van der Waals surface area contributed by atoms with Crippen LogP contribution in [0.2, 0.25) is 0 Å². The molecule has 0 aliphatic carbocycles. The van der Waals surface area contributed by atoms with Gasteiger partial charge in [-0.1, -0.05) is 22.9 Å². The lowest BCUT2D eigenvalue weighted by Gasteiger charge is -2.17. The van der Waals surface area contributed by atoms with Gasteiger partial charge >= 0.3 is 0 Å². The Bertz CT molecular complexity index is 1160. The van der Waals surface area contributed by atoms with Crippen LogP contribution in [0.5, 0.6) is 11.5 Å². The molecule has 6 nitrogen and oxygen atoms in total. The minimum Gasteiger partial charge on any atom is -0.490 e. The number of nitrogens with zero attached hydrogens (tertiary/aromatic N) is 3. The summed E-state index contributed by atoms with van der Waals surface area (Å²) in [6.07, 6.45) is 2.57. The highest BCUT2D eigenvalue weighted by molar-refractivity contribution is 9.10. The van der Waals surface area contributed by atoms with Gasteiger partial charge in [-0.2, -0.15) is 9.78 Å². The van der Waals surface area contributed by atoms with Gasteiger partial charge < -0.3 is 9.47 Å². The molecule has 3 rings (SSSR count). The Hall–Kier alpha value is -2.19. The van der Waals surface area contributed by atoms with Crippen LogP contribution < -0.4 is 15.0 Å². The molecule has 0 bridgehead atoms. The van der Waals surface area contributed by atoms with E-state index in [1.807, 2.05) is 38.1 Å². The van der Waals surface area contributed by atoms with Crippen LogP contribution in [0, 0.1) is 6.92 Å². The van der Waals surface area contributed by atoms with Crippen LogP contribution in [0.4, 0.5) is 0 Å². The molecule has 1 heterocycles. The highest BCUT2D eigenvalue weighted by Crippen LogP contribution is 2.34. The Balaban J connectivity index is 2.03. The van der Waals surface area contributed by atoms with Crippen molar-refractivity contribution in [3.63, 3.8) is 0 Å². The van der Waals surface area contributed by atoms with Gasteiger partial charge in [0.05, 0.1) is 29.8 Å². The summed E-state index contributed by atoms with van der Waals surface area (Å²) in [4.78, 5) is 17.4. The maximum atomic E-state index is 12.9. The predicted octanol–water partition coefficient (Wildman–Crippen LogP) is 5.69. The van der Waals surface area contributed by atoms with E-state index in [0.717, 1.165) is 20.9 Å². The van der Waals surface area contributed by atoms with Gasteiger partial charge in [0, 0.05) is 14.5 Å². The van der Waals surface area contributed by atoms with Gasteiger partial charge in [-0.05, 0) is 73.5 Å². The molecule has 30 heavy (non-hydrogen) atoms. The van der Waals surface area contributed by atoms with E-state index in [0.29, 0.717) is 34.8 Å². The molecule has 0 saturated heterocycles. The normalized spacial score (nSPS) is 12.5. The summed E-state index contributed by atoms with van der Waals surface area (Å²) in [5.41, 5.74) is 1.17. The molecule has 1 aromatic heterocycles. The smallest absolute Gasteiger partial charge is 0.282 e.